The van der Waals surface area contributed by atoms with E-state index in [1.807, 2.05) is 26.8 Å². The number of carbonyl (C=O) groups excluding carboxylic acids is 1. The van der Waals surface area contributed by atoms with Crippen molar-refractivity contribution >= 4 is 39.4 Å². The molecule has 0 fully saturated rings. The van der Waals surface area contributed by atoms with Crippen LogP contribution in [0.15, 0.2) is 28.0 Å². The Labute approximate surface area is 141 Å². The maximum Gasteiger partial charge on any atom is 0.236 e. The topological polar surface area (TPSA) is 98.7 Å². The Bertz CT molecular complexity index is 664. The molecule has 9 heteroatoms. The van der Waals surface area contributed by atoms with Crippen LogP contribution in [0, 0.1) is 0 Å². The van der Waals surface area contributed by atoms with Gasteiger partial charge in [-0.1, -0.05) is 32.5 Å². The highest BCUT2D eigenvalue weighted by Crippen LogP contribution is 2.23. The second-order valence-corrected chi connectivity index (χ2v) is 7.48. The van der Waals surface area contributed by atoms with Crippen LogP contribution in [0.3, 0.4) is 0 Å². The van der Waals surface area contributed by atoms with Crippen LogP contribution in [-0.2, 0) is 10.2 Å². The van der Waals surface area contributed by atoms with Crippen LogP contribution < -0.4 is 11.2 Å². The third-order valence-corrected chi connectivity index (χ3v) is 4.07. The van der Waals surface area contributed by atoms with Gasteiger partial charge in [0.2, 0.25) is 11.1 Å². The van der Waals surface area contributed by atoms with E-state index < -0.39 is 0 Å². The molecular weight excluding hydrogens is 368 g/mol. The summed E-state index contributed by atoms with van der Waals surface area (Å²) in [6.45, 7) is 6.00. The van der Waals surface area contributed by atoms with Gasteiger partial charge < -0.3 is 11.2 Å². The monoisotopic (exact) mass is 384 g/mol. The number of pyridine rings is 1. The molecule has 0 saturated heterocycles. The van der Waals surface area contributed by atoms with E-state index in [1.54, 1.807) is 12.3 Å². The lowest BCUT2D eigenvalue weighted by molar-refractivity contribution is -0.113. The van der Waals surface area contributed by atoms with Crippen LogP contribution >= 0.6 is 27.7 Å². The third-order valence-electron chi connectivity index (χ3n) is 2.66. The number of nitrogens with zero attached hydrogens (tertiary/aromatic N) is 4. The molecular formula is C13H17BrN6OS. The maximum atomic E-state index is 11.9. The first-order valence-corrected chi connectivity index (χ1v) is 8.30. The summed E-state index contributed by atoms with van der Waals surface area (Å²) in [5.41, 5.74) is -0.204. The molecule has 2 rings (SSSR count). The molecule has 2 aromatic rings. The van der Waals surface area contributed by atoms with Crippen LogP contribution in [0.1, 0.15) is 26.6 Å². The van der Waals surface area contributed by atoms with Gasteiger partial charge in [0.1, 0.15) is 5.82 Å². The summed E-state index contributed by atoms with van der Waals surface area (Å²) in [6, 6.07) is 3.53. The zero-order chi connectivity index (χ0) is 16.3. The molecule has 22 heavy (non-hydrogen) atoms. The van der Waals surface area contributed by atoms with Gasteiger partial charge in [-0.2, -0.15) is 0 Å². The van der Waals surface area contributed by atoms with Crippen LogP contribution in [0.25, 0.3) is 0 Å². The van der Waals surface area contributed by atoms with Gasteiger partial charge in [0.25, 0.3) is 0 Å². The third kappa shape index (κ3) is 4.20. The van der Waals surface area contributed by atoms with E-state index in [1.165, 1.54) is 16.4 Å². The molecule has 0 atom stereocenters. The first-order chi connectivity index (χ1) is 10.3. The average molecular weight is 385 g/mol. The molecule has 0 bridgehead atoms. The van der Waals surface area contributed by atoms with Crippen molar-refractivity contribution in [3.8, 4) is 0 Å². The molecule has 0 aliphatic heterocycles. The summed E-state index contributed by atoms with van der Waals surface area (Å²) < 4.78 is 2.28. The minimum Gasteiger partial charge on any atom is -0.336 e. The molecule has 0 aromatic carbocycles. The van der Waals surface area contributed by atoms with Crippen LogP contribution in [0.2, 0.25) is 0 Å². The molecule has 118 valence electrons. The predicted octanol–water partition coefficient (Wildman–Crippen LogP) is 2.18. The molecule has 7 nitrogen and oxygen atoms in total. The van der Waals surface area contributed by atoms with Crippen molar-refractivity contribution in [3.05, 3.63) is 28.6 Å². The van der Waals surface area contributed by atoms with Gasteiger partial charge >= 0.3 is 0 Å². The summed E-state index contributed by atoms with van der Waals surface area (Å²) in [5, 5.41) is 11.3. The standard InChI is InChI=1S/C13H17BrN6OS/c1-13(2,3)11-18-19-12(20(11)15)22-7-10(21)17-9-5-4-8(14)6-16-9/h4-6H,7,15H2,1-3H3,(H,16,17,21). The van der Waals surface area contributed by atoms with E-state index in [0.29, 0.717) is 16.8 Å². The molecule has 1 amide bonds. The SMILES string of the molecule is CC(C)(C)c1nnc(SCC(=O)Nc2ccc(Br)cn2)n1N. The Morgan fingerprint density at radius 2 is 2.14 bits per heavy atom. The van der Waals surface area contributed by atoms with E-state index in [-0.39, 0.29) is 17.1 Å². The van der Waals surface area contributed by atoms with Crippen LogP contribution in [0.4, 0.5) is 5.82 Å². The predicted molar refractivity (Wildman–Crippen MR) is 90.2 cm³/mol. The Kier molecular flexibility index (Phi) is 5.07. The number of carbonyl (C=O) groups is 1. The van der Waals surface area contributed by atoms with Gasteiger partial charge in [-0.05, 0) is 28.1 Å². The highest BCUT2D eigenvalue weighted by atomic mass is 79.9. The first-order valence-electron chi connectivity index (χ1n) is 6.52. The van der Waals surface area contributed by atoms with Gasteiger partial charge in [0.05, 0.1) is 5.75 Å². The normalized spacial score (nSPS) is 11.5. The number of hydrogen-bond acceptors (Lipinski definition) is 6. The Balaban J connectivity index is 1.94. The molecule has 0 aliphatic carbocycles. The molecule has 0 spiro atoms. The van der Waals surface area contributed by atoms with E-state index in [0.717, 1.165) is 4.47 Å². The Morgan fingerprint density at radius 3 is 2.68 bits per heavy atom. The molecule has 0 aliphatic rings. The van der Waals surface area contributed by atoms with E-state index in [4.69, 9.17) is 5.84 Å². The Hall–Kier alpha value is -1.61. The van der Waals surface area contributed by atoms with E-state index >= 15 is 0 Å². The lowest BCUT2D eigenvalue weighted by Gasteiger charge is -2.16. The number of nitrogen functional groups attached to an aromatic ring is 1. The highest BCUT2D eigenvalue weighted by molar-refractivity contribution is 9.10. The molecule has 2 aromatic heterocycles. The van der Waals surface area contributed by atoms with Gasteiger partial charge in [-0.15, -0.1) is 10.2 Å². The van der Waals surface area contributed by atoms with E-state index in [2.05, 4.69) is 36.4 Å². The number of rotatable bonds is 4. The molecule has 0 radical (unpaired) electrons. The minimum absolute atomic E-state index is 0.178. The lowest BCUT2D eigenvalue weighted by atomic mass is 9.96. The summed E-state index contributed by atoms with van der Waals surface area (Å²) in [7, 11) is 0. The summed E-state index contributed by atoms with van der Waals surface area (Å²) in [4.78, 5) is 16.0. The van der Waals surface area contributed by atoms with Crippen molar-refractivity contribution in [2.75, 3.05) is 16.9 Å². The highest BCUT2D eigenvalue weighted by Gasteiger charge is 2.23. The fraction of sp³-hybridized carbons (Fsp3) is 0.385. The van der Waals surface area contributed by atoms with Crippen molar-refractivity contribution < 1.29 is 4.79 Å². The first kappa shape index (κ1) is 16.8. The number of amides is 1. The average Bonchev–Trinajstić information content (AvgIpc) is 2.80. The lowest BCUT2D eigenvalue weighted by Crippen LogP contribution is -2.24. The maximum absolute atomic E-state index is 11.9. The fourth-order valence-electron chi connectivity index (χ4n) is 1.65. The minimum atomic E-state index is -0.204. The molecule has 2 heterocycles. The number of thioether (sulfide) groups is 1. The van der Waals surface area contributed by atoms with Crippen molar-refractivity contribution in [3.63, 3.8) is 0 Å². The number of hydrogen-bond donors (Lipinski definition) is 2. The molecule has 0 saturated carbocycles. The van der Waals surface area contributed by atoms with Crippen molar-refractivity contribution in [1.29, 1.82) is 0 Å². The fourth-order valence-corrected chi connectivity index (χ4v) is 2.54. The van der Waals surface area contributed by atoms with E-state index in [9.17, 15) is 4.79 Å². The van der Waals surface area contributed by atoms with Crippen LogP contribution in [0.5, 0.6) is 0 Å². The zero-order valence-corrected chi connectivity index (χ0v) is 14.9. The number of nitrogens with two attached hydrogens (primary N) is 1. The summed E-state index contributed by atoms with van der Waals surface area (Å²) >= 11 is 4.52. The van der Waals surface area contributed by atoms with Gasteiger partial charge in [0.15, 0.2) is 5.82 Å². The summed E-state index contributed by atoms with van der Waals surface area (Å²) in [5.74, 6) is 7.13. The number of nitrogens with one attached hydrogen (secondary N) is 1. The van der Waals surface area contributed by atoms with Crippen molar-refractivity contribution in [1.82, 2.24) is 19.9 Å². The van der Waals surface area contributed by atoms with Gasteiger partial charge in [-0.3, -0.25) is 4.79 Å². The second-order valence-electron chi connectivity index (χ2n) is 5.62. The zero-order valence-electron chi connectivity index (χ0n) is 12.5. The largest absolute Gasteiger partial charge is 0.336 e. The summed E-state index contributed by atoms with van der Waals surface area (Å²) in [6.07, 6.45) is 1.62. The van der Waals surface area contributed by atoms with Crippen molar-refractivity contribution in [2.24, 2.45) is 0 Å². The number of anilines is 1. The molecule has 3 N–H and O–H groups in total. The number of aromatic nitrogens is 4. The number of halogens is 1. The van der Waals surface area contributed by atoms with Crippen LogP contribution in [-0.4, -0.2) is 31.5 Å². The molecule has 0 unspecified atom stereocenters. The smallest absolute Gasteiger partial charge is 0.236 e. The second kappa shape index (κ2) is 6.66. The van der Waals surface area contributed by atoms with Gasteiger partial charge in [0, 0.05) is 16.1 Å². The quantitative estimate of drug-likeness (QED) is 0.618. The van der Waals surface area contributed by atoms with Crippen molar-refractivity contribution in [2.45, 2.75) is 31.3 Å². The van der Waals surface area contributed by atoms with Gasteiger partial charge in [-0.25, -0.2) is 9.66 Å². The Morgan fingerprint density at radius 1 is 1.41 bits per heavy atom.